The van der Waals surface area contributed by atoms with E-state index in [-0.39, 0.29) is 5.91 Å². The van der Waals surface area contributed by atoms with Gasteiger partial charge in [-0.05, 0) is 5.92 Å². The van der Waals surface area contributed by atoms with Crippen LogP contribution in [0.25, 0.3) is 0 Å². The van der Waals surface area contributed by atoms with Gasteiger partial charge in [0.1, 0.15) is 0 Å². The SMILES string of the molecule is CN(C)C(=O)CCS(=O)CC1CNC1. The molecule has 4 nitrogen and oxygen atoms in total. The summed E-state index contributed by atoms with van der Waals surface area (Å²) >= 11 is 0. The monoisotopic (exact) mass is 218 g/mol. The van der Waals surface area contributed by atoms with Crippen LogP contribution in [-0.2, 0) is 15.6 Å². The Hall–Kier alpha value is -0.420. The average Bonchev–Trinajstić information content (AvgIpc) is 2.07. The second-order valence-corrected chi connectivity index (χ2v) is 5.49. The number of nitrogens with one attached hydrogen (secondary N) is 1. The molecular weight excluding hydrogens is 200 g/mol. The highest BCUT2D eigenvalue weighted by Crippen LogP contribution is 2.05. The average molecular weight is 218 g/mol. The van der Waals surface area contributed by atoms with Gasteiger partial charge < -0.3 is 10.2 Å². The Bertz CT molecular complexity index is 227. The fourth-order valence-electron chi connectivity index (χ4n) is 1.24. The van der Waals surface area contributed by atoms with Crippen molar-refractivity contribution < 1.29 is 9.00 Å². The van der Waals surface area contributed by atoms with E-state index in [1.54, 1.807) is 19.0 Å². The van der Waals surface area contributed by atoms with E-state index in [1.165, 1.54) is 0 Å². The summed E-state index contributed by atoms with van der Waals surface area (Å²) in [5.41, 5.74) is 0. The van der Waals surface area contributed by atoms with Crippen molar-refractivity contribution >= 4 is 16.7 Å². The predicted molar refractivity (Wildman–Crippen MR) is 57.5 cm³/mol. The molecule has 1 aliphatic heterocycles. The van der Waals surface area contributed by atoms with Crippen LogP contribution in [0.3, 0.4) is 0 Å². The molecule has 1 saturated heterocycles. The minimum Gasteiger partial charge on any atom is -0.349 e. The van der Waals surface area contributed by atoms with Gasteiger partial charge in [0.15, 0.2) is 0 Å². The van der Waals surface area contributed by atoms with Gasteiger partial charge in [0, 0.05) is 55.9 Å². The third kappa shape index (κ3) is 3.75. The Kier molecular flexibility index (Phi) is 4.54. The Morgan fingerprint density at radius 2 is 2.14 bits per heavy atom. The first-order chi connectivity index (χ1) is 6.59. The van der Waals surface area contributed by atoms with Crippen molar-refractivity contribution in [2.45, 2.75) is 6.42 Å². The van der Waals surface area contributed by atoms with E-state index in [4.69, 9.17) is 0 Å². The third-order valence-corrected chi connectivity index (χ3v) is 3.83. The summed E-state index contributed by atoms with van der Waals surface area (Å²) in [5.74, 6) is 1.87. The number of carbonyl (C=O) groups is 1. The van der Waals surface area contributed by atoms with Crippen molar-refractivity contribution in [3.05, 3.63) is 0 Å². The molecule has 0 radical (unpaired) electrons. The molecule has 0 aliphatic carbocycles. The molecule has 1 N–H and O–H groups in total. The zero-order chi connectivity index (χ0) is 10.6. The lowest BCUT2D eigenvalue weighted by molar-refractivity contribution is -0.128. The molecule has 0 spiro atoms. The number of amides is 1. The van der Waals surface area contributed by atoms with E-state index >= 15 is 0 Å². The van der Waals surface area contributed by atoms with Gasteiger partial charge in [0.05, 0.1) is 0 Å². The maximum absolute atomic E-state index is 11.5. The number of rotatable bonds is 5. The largest absolute Gasteiger partial charge is 0.349 e. The van der Waals surface area contributed by atoms with Gasteiger partial charge in [-0.1, -0.05) is 0 Å². The van der Waals surface area contributed by atoms with Crippen LogP contribution in [0, 0.1) is 5.92 Å². The van der Waals surface area contributed by atoms with E-state index in [9.17, 15) is 9.00 Å². The van der Waals surface area contributed by atoms with Gasteiger partial charge in [0.2, 0.25) is 5.91 Å². The normalized spacial score (nSPS) is 18.7. The molecule has 0 saturated carbocycles. The molecule has 5 heteroatoms. The summed E-state index contributed by atoms with van der Waals surface area (Å²) in [4.78, 5) is 12.7. The molecule has 1 aliphatic rings. The van der Waals surface area contributed by atoms with Crippen LogP contribution in [-0.4, -0.2) is 53.7 Å². The summed E-state index contributed by atoms with van der Waals surface area (Å²) in [7, 11) is 2.62. The van der Waals surface area contributed by atoms with E-state index in [0.29, 0.717) is 18.1 Å². The summed E-state index contributed by atoms with van der Waals surface area (Å²) in [5, 5.41) is 3.14. The summed E-state index contributed by atoms with van der Waals surface area (Å²) in [6.07, 6.45) is 0.403. The first kappa shape index (κ1) is 11.7. The van der Waals surface area contributed by atoms with Crippen molar-refractivity contribution in [1.29, 1.82) is 0 Å². The quantitative estimate of drug-likeness (QED) is 0.672. The smallest absolute Gasteiger partial charge is 0.222 e. The van der Waals surface area contributed by atoms with Gasteiger partial charge in [-0.3, -0.25) is 9.00 Å². The number of hydrogen-bond acceptors (Lipinski definition) is 3. The first-order valence-electron chi connectivity index (χ1n) is 4.85. The molecule has 14 heavy (non-hydrogen) atoms. The van der Waals surface area contributed by atoms with Crippen LogP contribution >= 0.6 is 0 Å². The molecule has 0 aromatic carbocycles. The zero-order valence-corrected chi connectivity index (χ0v) is 9.60. The molecule has 0 bridgehead atoms. The van der Waals surface area contributed by atoms with Gasteiger partial charge in [-0.2, -0.15) is 0 Å². The van der Waals surface area contributed by atoms with Gasteiger partial charge >= 0.3 is 0 Å². The molecule has 1 unspecified atom stereocenters. The maximum Gasteiger partial charge on any atom is 0.222 e. The van der Waals surface area contributed by atoms with Gasteiger partial charge in [-0.25, -0.2) is 0 Å². The standard InChI is InChI=1S/C9H18N2O2S/c1-11(2)9(12)3-4-14(13)7-8-5-10-6-8/h8,10H,3-7H2,1-2H3. The van der Waals surface area contributed by atoms with Crippen LogP contribution in [0.5, 0.6) is 0 Å². The molecular formula is C9H18N2O2S. The molecule has 1 fully saturated rings. The second kappa shape index (κ2) is 5.46. The van der Waals surface area contributed by atoms with Crippen molar-refractivity contribution in [2.24, 2.45) is 5.92 Å². The lowest BCUT2D eigenvalue weighted by Gasteiger charge is -2.26. The third-order valence-electron chi connectivity index (χ3n) is 2.33. The Balaban J connectivity index is 2.11. The summed E-state index contributed by atoms with van der Waals surface area (Å²) < 4.78 is 11.5. The molecule has 1 rings (SSSR count). The number of nitrogens with zero attached hydrogens (tertiary/aromatic N) is 1. The van der Waals surface area contributed by atoms with Crippen LogP contribution < -0.4 is 5.32 Å². The fraction of sp³-hybridized carbons (Fsp3) is 0.889. The van der Waals surface area contributed by atoms with Crippen LogP contribution in [0.4, 0.5) is 0 Å². The van der Waals surface area contributed by atoms with Crippen molar-refractivity contribution in [3.63, 3.8) is 0 Å². The number of carbonyl (C=O) groups excluding carboxylic acids is 1. The van der Waals surface area contributed by atoms with E-state index in [1.807, 2.05) is 0 Å². The topological polar surface area (TPSA) is 49.4 Å². The van der Waals surface area contributed by atoms with E-state index < -0.39 is 10.8 Å². The summed E-state index contributed by atoms with van der Waals surface area (Å²) in [6, 6.07) is 0. The molecule has 1 amide bonds. The van der Waals surface area contributed by atoms with Crippen molar-refractivity contribution in [2.75, 3.05) is 38.7 Å². The fourth-order valence-corrected chi connectivity index (χ4v) is 2.57. The first-order valence-corrected chi connectivity index (χ1v) is 6.34. The predicted octanol–water partition coefficient (Wildman–Crippen LogP) is -0.567. The zero-order valence-electron chi connectivity index (χ0n) is 8.78. The highest BCUT2D eigenvalue weighted by Gasteiger charge is 2.19. The Labute approximate surface area is 87.5 Å². The van der Waals surface area contributed by atoms with Crippen molar-refractivity contribution in [3.8, 4) is 0 Å². The highest BCUT2D eigenvalue weighted by molar-refractivity contribution is 7.85. The van der Waals surface area contributed by atoms with Crippen molar-refractivity contribution in [1.82, 2.24) is 10.2 Å². The molecule has 0 aromatic rings. The van der Waals surface area contributed by atoms with Crippen LogP contribution in [0.15, 0.2) is 0 Å². The minimum atomic E-state index is -0.823. The summed E-state index contributed by atoms with van der Waals surface area (Å²) in [6.45, 7) is 1.96. The Morgan fingerprint density at radius 1 is 1.50 bits per heavy atom. The second-order valence-electron chi connectivity index (χ2n) is 3.87. The van der Waals surface area contributed by atoms with E-state index in [0.717, 1.165) is 18.8 Å². The molecule has 0 aromatic heterocycles. The molecule has 1 heterocycles. The molecule has 1 atom stereocenters. The van der Waals surface area contributed by atoms with Crippen LogP contribution in [0.2, 0.25) is 0 Å². The van der Waals surface area contributed by atoms with Gasteiger partial charge in [-0.15, -0.1) is 0 Å². The lowest BCUT2D eigenvalue weighted by atomic mass is 10.1. The Morgan fingerprint density at radius 3 is 2.57 bits per heavy atom. The van der Waals surface area contributed by atoms with E-state index in [2.05, 4.69) is 5.32 Å². The number of hydrogen-bond donors (Lipinski definition) is 1. The highest BCUT2D eigenvalue weighted by atomic mass is 32.2. The van der Waals surface area contributed by atoms with Crippen LogP contribution in [0.1, 0.15) is 6.42 Å². The maximum atomic E-state index is 11.5. The minimum absolute atomic E-state index is 0.0603. The molecule has 82 valence electrons. The lowest BCUT2D eigenvalue weighted by Crippen LogP contribution is -2.45. The van der Waals surface area contributed by atoms with Gasteiger partial charge in [0.25, 0.3) is 0 Å².